The normalized spacial score (nSPS) is 13.7. The number of rotatable bonds is 12. The predicted molar refractivity (Wildman–Crippen MR) is 165 cm³/mol. The number of hydrogen-bond donors (Lipinski definition) is 1. The van der Waals surface area contributed by atoms with Gasteiger partial charge in [-0.25, -0.2) is 19.9 Å². The van der Waals surface area contributed by atoms with Crippen molar-refractivity contribution in [1.82, 2.24) is 34.7 Å². The summed E-state index contributed by atoms with van der Waals surface area (Å²) in [6.45, 7) is 6.23. The lowest BCUT2D eigenvalue weighted by atomic mass is 10.1. The molecule has 10 heteroatoms. The molecule has 0 amide bonds. The van der Waals surface area contributed by atoms with Crippen LogP contribution in [0.25, 0.3) is 0 Å². The molecule has 10 nitrogen and oxygen atoms in total. The fourth-order valence-electron chi connectivity index (χ4n) is 4.96. The van der Waals surface area contributed by atoms with Gasteiger partial charge in [-0.3, -0.25) is 0 Å². The van der Waals surface area contributed by atoms with Gasteiger partial charge in [0, 0.05) is 57.2 Å². The Morgan fingerprint density at radius 3 is 2.17 bits per heavy atom. The third kappa shape index (κ3) is 8.42. The van der Waals surface area contributed by atoms with Crippen molar-refractivity contribution < 1.29 is 0 Å². The van der Waals surface area contributed by atoms with Crippen molar-refractivity contribution in [2.45, 2.75) is 19.4 Å². The Labute approximate surface area is 243 Å². The standard InChI is InChI=1S/C31H40N10/c1-38(2)13-8-14-39(3)23-26-11-7-12-28(20-26)36-29-34-24-35-31(37-29)41-17-15-40(16-18-41)30-32-21-27(22-33-30)19-25-9-5-4-6-10-25/h4-7,9-12,20-22,24H,8,13-19,23H2,1-3H3,(H,34,35,36,37). The Morgan fingerprint density at radius 2 is 1.44 bits per heavy atom. The van der Waals surface area contributed by atoms with Gasteiger partial charge >= 0.3 is 0 Å². The van der Waals surface area contributed by atoms with Crippen molar-refractivity contribution in [3.05, 3.63) is 90.0 Å². The highest BCUT2D eigenvalue weighted by molar-refractivity contribution is 5.55. The Kier molecular flexibility index (Phi) is 9.66. The molecule has 0 atom stereocenters. The summed E-state index contributed by atoms with van der Waals surface area (Å²) in [5, 5.41) is 3.37. The summed E-state index contributed by atoms with van der Waals surface area (Å²) in [6, 6.07) is 18.8. The van der Waals surface area contributed by atoms with Gasteiger partial charge in [0.25, 0.3) is 0 Å². The molecule has 5 rings (SSSR count). The lowest BCUT2D eigenvalue weighted by Crippen LogP contribution is -2.47. The van der Waals surface area contributed by atoms with Crippen LogP contribution in [0, 0.1) is 0 Å². The third-order valence-corrected chi connectivity index (χ3v) is 7.13. The van der Waals surface area contributed by atoms with Gasteiger partial charge in [0.05, 0.1) is 0 Å². The number of nitrogens with zero attached hydrogens (tertiary/aromatic N) is 9. The van der Waals surface area contributed by atoms with Gasteiger partial charge in [0.15, 0.2) is 0 Å². The molecule has 1 aliphatic rings. The minimum absolute atomic E-state index is 0.547. The van der Waals surface area contributed by atoms with E-state index in [9.17, 15) is 0 Å². The van der Waals surface area contributed by atoms with Crippen LogP contribution in [0.5, 0.6) is 0 Å². The summed E-state index contributed by atoms with van der Waals surface area (Å²) in [5.74, 6) is 1.99. The van der Waals surface area contributed by atoms with E-state index in [4.69, 9.17) is 4.98 Å². The van der Waals surface area contributed by atoms with Crippen molar-refractivity contribution in [2.24, 2.45) is 0 Å². The van der Waals surface area contributed by atoms with Gasteiger partial charge in [0.2, 0.25) is 17.8 Å². The summed E-state index contributed by atoms with van der Waals surface area (Å²) < 4.78 is 0. The first-order valence-electron chi connectivity index (χ1n) is 14.2. The lowest BCUT2D eigenvalue weighted by molar-refractivity contribution is 0.294. The quantitative estimate of drug-likeness (QED) is 0.281. The van der Waals surface area contributed by atoms with E-state index in [-0.39, 0.29) is 0 Å². The fourth-order valence-corrected chi connectivity index (χ4v) is 4.96. The molecule has 2 aromatic carbocycles. The van der Waals surface area contributed by atoms with E-state index in [1.165, 1.54) is 11.1 Å². The largest absolute Gasteiger partial charge is 0.337 e. The van der Waals surface area contributed by atoms with E-state index in [1.807, 2.05) is 24.5 Å². The smallest absolute Gasteiger partial charge is 0.231 e. The number of benzene rings is 2. The molecular formula is C31H40N10. The zero-order valence-electron chi connectivity index (χ0n) is 24.3. The number of anilines is 4. The SMILES string of the molecule is CN(C)CCCN(C)Cc1cccc(Nc2ncnc(N3CCN(c4ncc(Cc5ccccc5)cn4)CC3)n2)c1. The summed E-state index contributed by atoms with van der Waals surface area (Å²) in [7, 11) is 6.40. The highest BCUT2D eigenvalue weighted by atomic mass is 15.4. The van der Waals surface area contributed by atoms with Crippen LogP contribution in [0.1, 0.15) is 23.1 Å². The van der Waals surface area contributed by atoms with Crippen LogP contribution in [0.3, 0.4) is 0 Å². The zero-order chi connectivity index (χ0) is 28.4. The molecule has 41 heavy (non-hydrogen) atoms. The Balaban J connectivity index is 1.13. The van der Waals surface area contributed by atoms with Crippen LogP contribution in [0.15, 0.2) is 73.3 Å². The van der Waals surface area contributed by atoms with Crippen molar-refractivity contribution in [2.75, 3.05) is 75.5 Å². The molecule has 0 unspecified atom stereocenters. The molecule has 1 N–H and O–H groups in total. The number of nitrogens with one attached hydrogen (secondary N) is 1. The van der Waals surface area contributed by atoms with Gasteiger partial charge in [-0.2, -0.15) is 4.98 Å². The van der Waals surface area contributed by atoms with Gasteiger partial charge < -0.3 is 24.9 Å². The van der Waals surface area contributed by atoms with Crippen molar-refractivity contribution >= 4 is 23.5 Å². The maximum Gasteiger partial charge on any atom is 0.231 e. The van der Waals surface area contributed by atoms with Crippen molar-refractivity contribution in [1.29, 1.82) is 0 Å². The molecule has 0 spiro atoms. The van der Waals surface area contributed by atoms with E-state index in [2.05, 4.69) is 108 Å². The van der Waals surface area contributed by atoms with Crippen molar-refractivity contribution in [3.63, 3.8) is 0 Å². The molecule has 2 aromatic heterocycles. The average Bonchev–Trinajstić information content (AvgIpc) is 2.98. The summed E-state index contributed by atoms with van der Waals surface area (Å²) >= 11 is 0. The van der Waals surface area contributed by atoms with Crippen LogP contribution in [0.4, 0.5) is 23.5 Å². The summed E-state index contributed by atoms with van der Waals surface area (Å²) in [4.78, 5) is 31.8. The van der Waals surface area contributed by atoms with E-state index >= 15 is 0 Å². The van der Waals surface area contributed by atoms with E-state index in [0.29, 0.717) is 11.9 Å². The first kappa shape index (κ1) is 28.4. The number of piperazine rings is 1. The van der Waals surface area contributed by atoms with Crippen molar-refractivity contribution in [3.8, 4) is 0 Å². The van der Waals surface area contributed by atoms with Gasteiger partial charge in [0.1, 0.15) is 6.33 Å². The molecule has 1 fully saturated rings. The van der Waals surface area contributed by atoms with Crippen LogP contribution in [0.2, 0.25) is 0 Å². The van der Waals surface area contributed by atoms with Crippen LogP contribution < -0.4 is 15.1 Å². The Hall–Kier alpha value is -4.15. The Morgan fingerprint density at radius 1 is 0.732 bits per heavy atom. The Bertz CT molecular complexity index is 1350. The first-order chi connectivity index (χ1) is 20.0. The van der Waals surface area contributed by atoms with Crippen LogP contribution in [-0.2, 0) is 13.0 Å². The summed E-state index contributed by atoms with van der Waals surface area (Å²) in [6.07, 6.45) is 7.43. The van der Waals surface area contributed by atoms with E-state index < -0.39 is 0 Å². The highest BCUT2D eigenvalue weighted by Crippen LogP contribution is 2.19. The van der Waals surface area contributed by atoms with Gasteiger partial charge in [-0.1, -0.05) is 42.5 Å². The predicted octanol–water partition coefficient (Wildman–Crippen LogP) is 3.71. The van der Waals surface area contributed by atoms with Crippen LogP contribution >= 0.6 is 0 Å². The maximum absolute atomic E-state index is 4.72. The number of aromatic nitrogens is 5. The second kappa shape index (κ2) is 14.0. The molecule has 1 saturated heterocycles. The second-order valence-electron chi connectivity index (χ2n) is 10.9. The molecule has 4 aromatic rings. The monoisotopic (exact) mass is 552 g/mol. The minimum Gasteiger partial charge on any atom is -0.337 e. The number of hydrogen-bond acceptors (Lipinski definition) is 10. The summed E-state index contributed by atoms with van der Waals surface area (Å²) in [5.41, 5.74) is 4.60. The molecule has 1 aliphatic heterocycles. The first-order valence-corrected chi connectivity index (χ1v) is 14.2. The second-order valence-corrected chi connectivity index (χ2v) is 10.9. The highest BCUT2D eigenvalue weighted by Gasteiger charge is 2.21. The molecule has 214 valence electrons. The molecule has 3 heterocycles. The molecule has 0 radical (unpaired) electrons. The zero-order valence-corrected chi connectivity index (χ0v) is 24.3. The average molecular weight is 553 g/mol. The van der Waals surface area contributed by atoms with Crippen LogP contribution in [-0.4, -0.2) is 95.1 Å². The minimum atomic E-state index is 0.547. The van der Waals surface area contributed by atoms with Gasteiger partial charge in [-0.15, -0.1) is 0 Å². The topological polar surface area (TPSA) is 89.4 Å². The molecule has 0 bridgehead atoms. The molecule has 0 saturated carbocycles. The van der Waals surface area contributed by atoms with Gasteiger partial charge in [-0.05, 0) is 69.5 Å². The van der Waals surface area contributed by atoms with E-state index in [1.54, 1.807) is 6.33 Å². The lowest BCUT2D eigenvalue weighted by Gasteiger charge is -2.34. The third-order valence-electron chi connectivity index (χ3n) is 7.13. The maximum atomic E-state index is 4.72. The molecular weight excluding hydrogens is 512 g/mol. The fraction of sp³-hybridized carbons (Fsp3) is 0.387. The molecule has 0 aliphatic carbocycles. The van der Waals surface area contributed by atoms with E-state index in [0.717, 1.165) is 75.9 Å².